The highest BCUT2D eigenvalue weighted by Crippen LogP contribution is 2.32. The number of carbonyl (C=O) groups is 2. The van der Waals surface area contributed by atoms with Crippen molar-refractivity contribution in [2.45, 2.75) is 51.7 Å². The molecular formula is C23H35N3O5. The lowest BCUT2D eigenvalue weighted by atomic mass is 10.1. The van der Waals surface area contributed by atoms with Gasteiger partial charge in [0, 0.05) is 31.7 Å². The predicted octanol–water partition coefficient (Wildman–Crippen LogP) is 1.55. The smallest absolute Gasteiger partial charge is 0.236 e. The minimum absolute atomic E-state index is 0.0209. The summed E-state index contributed by atoms with van der Waals surface area (Å²) in [5, 5.41) is 12.7. The molecule has 0 saturated carbocycles. The minimum Gasteiger partial charge on any atom is -0.490 e. The van der Waals surface area contributed by atoms with Crippen LogP contribution in [0.5, 0.6) is 11.5 Å². The number of benzene rings is 1. The van der Waals surface area contributed by atoms with E-state index in [1.807, 2.05) is 30.0 Å². The van der Waals surface area contributed by atoms with Crippen LogP contribution in [0.1, 0.15) is 44.6 Å². The first-order valence-corrected chi connectivity index (χ1v) is 11.4. The molecule has 0 aromatic heterocycles. The van der Waals surface area contributed by atoms with Gasteiger partial charge in [0.15, 0.2) is 11.5 Å². The van der Waals surface area contributed by atoms with Gasteiger partial charge in [-0.15, -0.1) is 0 Å². The Kier molecular flexibility index (Phi) is 8.97. The van der Waals surface area contributed by atoms with Crippen molar-refractivity contribution < 1.29 is 24.2 Å². The molecular weight excluding hydrogens is 398 g/mol. The van der Waals surface area contributed by atoms with E-state index in [1.165, 1.54) is 0 Å². The number of carbonyl (C=O) groups excluding carboxylic acids is 2. The van der Waals surface area contributed by atoms with Crippen LogP contribution in [0.4, 0.5) is 0 Å². The highest BCUT2D eigenvalue weighted by molar-refractivity contribution is 5.81. The topological polar surface area (TPSA) is 91.3 Å². The van der Waals surface area contributed by atoms with E-state index in [4.69, 9.17) is 9.47 Å². The standard InChI is InChI=1S/C23H35N3O5/c1-2-30-20-8-6-7-18-15-25(17-22(29)26-12-9-19(27)10-13-26)16-21(28)24-11-4-3-5-14-31-23(18)20/h6-8,19,27H,2-5,9-17H2,1H3,(H,24,28). The van der Waals surface area contributed by atoms with Gasteiger partial charge in [0.25, 0.3) is 0 Å². The number of fused-ring (bicyclic) bond motifs is 1. The van der Waals surface area contributed by atoms with E-state index in [1.54, 1.807) is 4.90 Å². The molecule has 8 heteroatoms. The third-order valence-corrected chi connectivity index (χ3v) is 5.69. The van der Waals surface area contributed by atoms with Crippen molar-refractivity contribution in [1.82, 2.24) is 15.1 Å². The summed E-state index contributed by atoms with van der Waals surface area (Å²) in [4.78, 5) is 29.1. The fourth-order valence-corrected chi connectivity index (χ4v) is 4.00. The normalized spacial score (nSPS) is 19.8. The summed E-state index contributed by atoms with van der Waals surface area (Å²) >= 11 is 0. The first-order chi connectivity index (χ1) is 15.1. The fourth-order valence-electron chi connectivity index (χ4n) is 4.00. The largest absolute Gasteiger partial charge is 0.490 e. The van der Waals surface area contributed by atoms with Crippen molar-refractivity contribution in [1.29, 1.82) is 0 Å². The molecule has 0 bridgehead atoms. The SMILES string of the molecule is CCOc1cccc2c1OCCCCCNC(=O)CN(CC(=O)N1CCC(O)CC1)C2. The zero-order valence-electron chi connectivity index (χ0n) is 18.5. The molecule has 1 aromatic rings. The maximum atomic E-state index is 12.9. The van der Waals surface area contributed by atoms with Gasteiger partial charge in [0.05, 0.1) is 32.4 Å². The Hall–Kier alpha value is -2.32. The number of rotatable bonds is 4. The van der Waals surface area contributed by atoms with Gasteiger partial charge >= 0.3 is 0 Å². The summed E-state index contributed by atoms with van der Waals surface area (Å²) in [5.74, 6) is 1.29. The third-order valence-electron chi connectivity index (χ3n) is 5.69. The number of hydrogen-bond acceptors (Lipinski definition) is 6. The maximum absolute atomic E-state index is 12.9. The van der Waals surface area contributed by atoms with Gasteiger partial charge in [-0.1, -0.05) is 12.1 Å². The van der Waals surface area contributed by atoms with Crippen molar-refractivity contribution in [3.8, 4) is 11.5 Å². The van der Waals surface area contributed by atoms with Crippen LogP contribution in [0.25, 0.3) is 0 Å². The number of aliphatic hydroxyl groups is 1. The van der Waals surface area contributed by atoms with Crippen LogP contribution in [0.2, 0.25) is 0 Å². The molecule has 2 N–H and O–H groups in total. The van der Waals surface area contributed by atoms with Gasteiger partial charge in [-0.3, -0.25) is 14.5 Å². The summed E-state index contributed by atoms with van der Waals surface area (Å²) in [5.41, 5.74) is 0.903. The summed E-state index contributed by atoms with van der Waals surface area (Å²) < 4.78 is 11.9. The molecule has 2 aliphatic heterocycles. The molecule has 2 aliphatic rings. The highest BCUT2D eigenvalue weighted by Gasteiger charge is 2.25. The molecule has 1 fully saturated rings. The molecule has 8 nitrogen and oxygen atoms in total. The molecule has 2 amide bonds. The van der Waals surface area contributed by atoms with Crippen molar-refractivity contribution in [3.63, 3.8) is 0 Å². The third kappa shape index (κ3) is 7.11. The van der Waals surface area contributed by atoms with E-state index in [-0.39, 0.29) is 31.0 Å². The number of amides is 2. The second-order valence-corrected chi connectivity index (χ2v) is 8.19. The van der Waals surface area contributed by atoms with Gasteiger partial charge in [0.1, 0.15) is 0 Å². The zero-order chi connectivity index (χ0) is 22.1. The Bertz CT molecular complexity index is 734. The molecule has 0 aliphatic carbocycles. The second-order valence-electron chi connectivity index (χ2n) is 8.19. The van der Waals surface area contributed by atoms with Gasteiger partial charge in [-0.2, -0.15) is 0 Å². The van der Waals surface area contributed by atoms with E-state index in [9.17, 15) is 14.7 Å². The number of para-hydroxylation sites is 1. The van der Waals surface area contributed by atoms with E-state index in [0.29, 0.717) is 63.7 Å². The van der Waals surface area contributed by atoms with E-state index < -0.39 is 0 Å². The molecule has 172 valence electrons. The summed E-state index contributed by atoms with van der Waals surface area (Å²) in [7, 11) is 0. The van der Waals surface area contributed by atoms with Gasteiger partial charge < -0.3 is 24.8 Å². The van der Waals surface area contributed by atoms with Gasteiger partial charge in [-0.05, 0) is 45.1 Å². The predicted molar refractivity (Wildman–Crippen MR) is 117 cm³/mol. The minimum atomic E-state index is -0.332. The quantitative estimate of drug-likeness (QED) is 0.749. The van der Waals surface area contributed by atoms with Crippen molar-refractivity contribution >= 4 is 11.8 Å². The Balaban J connectivity index is 1.79. The lowest BCUT2D eigenvalue weighted by molar-refractivity contribution is -0.135. The lowest BCUT2D eigenvalue weighted by Gasteiger charge is -2.32. The average molecular weight is 434 g/mol. The molecule has 1 saturated heterocycles. The number of aliphatic hydroxyl groups excluding tert-OH is 1. The highest BCUT2D eigenvalue weighted by atomic mass is 16.5. The average Bonchev–Trinajstić information content (AvgIpc) is 2.76. The first-order valence-electron chi connectivity index (χ1n) is 11.4. The number of likely N-dealkylation sites (tertiary alicyclic amines) is 1. The fraction of sp³-hybridized carbons (Fsp3) is 0.652. The zero-order valence-corrected chi connectivity index (χ0v) is 18.5. The van der Waals surface area contributed by atoms with Crippen LogP contribution in [0.3, 0.4) is 0 Å². The summed E-state index contributed by atoms with van der Waals surface area (Å²) in [6.07, 6.45) is 3.63. The van der Waals surface area contributed by atoms with Gasteiger partial charge in [0.2, 0.25) is 11.8 Å². The molecule has 0 spiro atoms. The monoisotopic (exact) mass is 433 g/mol. The van der Waals surface area contributed by atoms with Crippen LogP contribution >= 0.6 is 0 Å². The molecule has 0 unspecified atom stereocenters. The molecule has 0 atom stereocenters. The number of ether oxygens (including phenoxy) is 2. The van der Waals surface area contributed by atoms with E-state index >= 15 is 0 Å². The Labute approximate surface area is 184 Å². The number of hydrogen-bond donors (Lipinski definition) is 2. The summed E-state index contributed by atoms with van der Waals surface area (Å²) in [6, 6.07) is 5.77. The lowest BCUT2D eigenvalue weighted by Crippen LogP contribution is -2.47. The maximum Gasteiger partial charge on any atom is 0.236 e. The van der Waals surface area contributed by atoms with Gasteiger partial charge in [-0.25, -0.2) is 0 Å². The van der Waals surface area contributed by atoms with Crippen LogP contribution in [0.15, 0.2) is 18.2 Å². The molecule has 1 aromatic carbocycles. The number of nitrogens with zero attached hydrogens (tertiary/aromatic N) is 2. The first kappa shape index (κ1) is 23.3. The Morgan fingerprint density at radius 3 is 2.81 bits per heavy atom. The molecule has 3 rings (SSSR count). The molecule has 0 radical (unpaired) electrons. The van der Waals surface area contributed by atoms with E-state index in [0.717, 1.165) is 24.8 Å². The van der Waals surface area contributed by atoms with Crippen LogP contribution in [0, 0.1) is 0 Å². The van der Waals surface area contributed by atoms with Crippen molar-refractivity contribution in [2.75, 3.05) is 45.9 Å². The van der Waals surface area contributed by atoms with Crippen LogP contribution in [-0.2, 0) is 16.1 Å². The number of piperidine rings is 1. The molecule has 31 heavy (non-hydrogen) atoms. The van der Waals surface area contributed by atoms with Crippen molar-refractivity contribution in [3.05, 3.63) is 23.8 Å². The van der Waals surface area contributed by atoms with Crippen molar-refractivity contribution in [2.24, 2.45) is 0 Å². The Morgan fingerprint density at radius 2 is 2.03 bits per heavy atom. The number of nitrogens with one attached hydrogen (secondary N) is 1. The second kappa shape index (κ2) is 11.9. The van der Waals surface area contributed by atoms with E-state index in [2.05, 4.69) is 5.32 Å². The molecule has 2 heterocycles. The van der Waals surface area contributed by atoms with Crippen LogP contribution in [-0.4, -0.2) is 78.8 Å². The van der Waals surface area contributed by atoms with Crippen LogP contribution < -0.4 is 14.8 Å². The Morgan fingerprint density at radius 1 is 1.23 bits per heavy atom. The summed E-state index contributed by atoms with van der Waals surface area (Å²) in [6.45, 7) is 5.47.